The number of para-hydroxylation sites is 1. The Morgan fingerprint density at radius 2 is 1.61 bits per heavy atom. The Morgan fingerprint density at radius 3 is 2.39 bits per heavy atom. The van der Waals surface area contributed by atoms with Crippen molar-refractivity contribution >= 4 is 0 Å². The highest BCUT2D eigenvalue weighted by atomic mass is 35.5. The summed E-state index contributed by atoms with van der Waals surface area (Å²) in [5.74, 6) is 1.85. The minimum atomic E-state index is 0. The van der Waals surface area contributed by atoms with Crippen LogP contribution in [0.4, 0.5) is 0 Å². The smallest absolute Gasteiger partial charge is 0.124 e. The minimum absolute atomic E-state index is 0. The monoisotopic (exact) mass is 328 g/mol. The van der Waals surface area contributed by atoms with Gasteiger partial charge in [0.05, 0.1) is 12.8 Å². The summed E-state index contributed by atoms with van der Waals surface area (Å²) in [6.45, 7) is 2.03. The summed E-state index contributed by atoms with van der Waals surface area (Å²) >= 11 is 0. The van der Waals surface area contributed by atoms with Crippen molar-refractivity contribution in [2.24, 2.45) is 0 Å². The fourth-order valence-electron chi connectivity index (χ4n) is 2.26. The van der Waals surface area contributed by atoms with Crippen LogP contribution in [0, 0.1) is 0 Å². The minimum Gasteiger partial charge on any atom is -1.00 e. The van der Waals surface area contributed by atoms with Gasteiger partial charge in [-0.05, 0) is 23.8 Å². The Morgan fingerprint density at radius 1 is 0.826 bits per heavy atom. The summed E-state index contributed by atoms with van der Waals surface area (Å²) in [5, 5.41) is 3.37. The summed E-state index contributed by atoms with van der Waals surface area (Å²) in [6, 6.07) is 22.2. The molecular formula is C19H19ClNO2-. The third kappa shape index (κ3) is 5.16. The van der Waals surface area contributed by atoms with Crippen LogP contribution >= 0.6 is 0 Å². The number of hydrogen-bond acceptors (Lipinski definition) is 3. The number of ether oxygens (including phenoxy) is 1. The Kier molecular flexibility index (Phi) is 6.73. The molecule has 23 heavy (non-hydrogen) atoms. The fourth-order valence-corrected chi connectivity index (χ4v) is 2.26. The van der Waals surface area contributed by atoms with E-state index in [1.165, 1.54) is 5.56 Å². The third-order valence-corrected chi connectivity index (χ3v) is 3.40. The number of rotatable bonds is 7. The first-order chi connectivity index (χ1) is 10.9. The van der Waals surface area contributed by atoms with Crippen molar-refractivity contribution in [2.45, 2.75) is 19.7 Å². The van der Waals surface area contributed by atoms with Gasteiger partial charge >= 0.3 is 0 Å². The van der Waals surface area contributed by atoms with Gasteiger partial charge < -0.3 is 26.9 Å². The van der Waals surface area contributed by atoms with Crippen LogP contribution in [-0.2, 0) is 19.7 Å². The van der Waals surface area contributed by atoms with Crippen LogP contribution in [0.5, 0.6) is 5.75 Å². The molecule has 3 aromatic rings. The summed E-state index contributed by atoms with van der Waals surface area (Å²) in [6.07, 6.45) is 1.69. The predicted molar refractivity (Wildman–Crippen MR) is 86.5 cm³/mol. The van der Waals surface area contributed by atoms with Crippen molar-refractivity contribution in [1.29, 1.82) is 0 Å². The van der Waals surface area contributed by atoms with E-state index in [-0.39, 0.29) is 12.4 Å². The second kappa shape index (κ2) is 9.03. The van der Waals surface area contributed by atoms with Crippen LogP contribution in [-0.4, -0.2) is 0 Å². The summed E-state index contributed by atoms with van der Waals surface area (Å²) in [4.78, 5) is 0. The molecule has 2 aromatic carbocycles. The lowest BCUT2D eigenvalue weighted by Gasteiger charge is -2.12. The molecular weight excluding hydrogens is 310 g/mol. The number of furan rings is 1. The molecule has 0 spiro atoms. The molecule has 0 fully saturated rings. The standard InChI is InChI=1S/C19H19NO2.ClH/c1-2-7-16(8-3-1)15-22-19-11-5-4-9-17(19)13-20-14-18-10-6-12-21-18;/h1-12,20H,13-15H2;1H/p-1. The lowest BCUT2D eigenvalue weighted by molar-refractivity contribution is -0.00000527. The van der Waals surface area contributed by atoms with Gasteiger partial charge in [-0.15, -0.1) is 0 Å². The lowest BCUT2D eigenvalue weighted by Crippen LogP contribution is -3.00. The normalized spacial score (nSPS) is 10.1. The Bertz CT molecular complexity index is 684. The maximum absolute atomic E-state index is 5.95. The molecule has 4 heteroatoms. The van der Waals surface area contributed by atoms with Crippen LogP contribution in [0.3, 0.4) is 0 Å². The Labute approximate surface area is 142 Å². The number of nitrogens with one attached hydrogen (secondary N) is 1. The van der Waals surface area contributed by atoms with E-state index in [4.69, 9.17) is 9.15 Å². The molecule has 1 aromatic heterocycles. The molecule has 120 valence electrons. The van der Waals surface area contributed by atoms with E-state index in [9.17, 15) is 0 Å². The van der Waals surface area contributed by atoms with E-state index in [1.807, 2.05) is 48.5 Å². The maximum atomic E-state index is 5.95. The molecule has 0 radical (unpaired) electrons. The van der Waals surface area contributed by atoms with E-state index in [1.54, 1.807) is 6.26 Å². The van der Waals surface area contributed by atoms with Gasteiger partial charge in [-0.25, -0.2) is 0 Å². The molecule has 0 saturated heterocycles. The van der Waals surface area contributed by atoms with Crippen molar-refractivity contribution in [3.63, 3.8) is 0 Å². The molecule has 3 nitrogen and oxygen atoms in total. The van der Waals surface area contributed by atoms with Crippen molar-refractivity contribution in [1.82, 2.24) is 5.32 Å². The molecule has 0 aliphatic carbocycles. The highest BCUT2D eigenvalue weighted by molar-refractivity contribution is 5.33. The molecule has 1 N–H and O–H groups in total. The molecule has 0 amide bonds. The maximum Gasteiger partial charge on any atom is 0.124 e. The molecule has 0 unspecified atom stereocenters. The summed E-state index contributed by atoms with van der Waals surface area (Å²) < 4.78 is 11.3. The third-order valence-electron chi connectivity index (χ3n) is 3.40. The molecule has 3 rings (SSSR count). The van der Waals surface area contributed by atoms with E-state index >= 15 is 0 Å². The number of benzene rings is 2. The molecule has 0 saturated carbocycles. The molecule has 0 atom stereocenters. The van der Waals surface area contributed by atoms with Crippen molar-refractivity contribution in [3.8, 4) is 5.75 Å². The van der Waals surface area contributed by atoms with Crippen molar-refractivity contribution < 1.29 is 21.6 Å². The zero-order chi connectivity index (χ0) is 15.0. The number of hydrogen-bond donors (Lipinski definition) is 1. The predicted octanol–water partition coefficient (Wildman–Crippen LogP) is 1.15. The highest BCUT2D eigenvalue weighted by Crippen LogP contribution is 2.19. The van der Waals surface area contributed by atoms with Crippen LogP contribution in [0.15, 0.2) is 77.4 Å². The SMILES string of the molecule is [Cl-].c1ccc(COc2ccccc2CNCc2ccco2)cc1. The van der Waals surface area contributed by atoms with E-state index in [0.29, 0.717) is 13.2 Å². The van der Waals surface area contributed by atoms with Crippen LogP contribution in [0.25, 0.3) is 0 Å². The molecule has 0 bridgehead atoms. The summed E-state index contributed by atoms with van der Waals surface area (Å²) in [5.41, 5.74) is 2.31. The van der Waals surface area contributed by atoms with Gasteiger partial charge in [-0.1, -0.05) is 48.5 Å². The highest BCUT2D eigenvalue weighted by Gasteiger charge is 2.04. The Hall–Kier alpha value is -2.23. The first-order valence-electron chi connectivity index (χ1n) is 7.39. The average Bonchev–Trinajstić information content (AvgIpc) is 3.08. The average molecular weight is 329 g/mol. The first kappa shape index (κ1) is 17.1. The van der Waals surface area contributed by atoms with Crippen molar-refractivity contribution in [3.05, 3.63) is 89.9 Å². The summed E-state index contributed by atoms with van der Waals surface area (Å²) in [7, 11) is 0. The zero-order valence-electron chi connectivity index (χ0n) is 12.7. The number of halogens is 1. The Balaban J connectivity index is 0.00000192. The van der Waals surface area contributed by atoms with Gasteiger partial charge in [-0.2, -0.15) is 0 Å². The van der Waals surface area contributed by atoms with E-state index < -0.39 is 0 Å². The first-order valence-corrected chi connectivity index (χ1v) is 7.39. The van der Waals surface area contributed by atoms with Crippen LogP contribution < -0.4 is 22.5 Å². The largest absolute Gasteiger partial charge is 1.00 e. The van der Waals surface area contributed by atoms with Gasteiger partial charge in [-0.3, -0.25) is 0 Å². The van der Waals surface area contributed by atoms with Gasteiger partial charge in [0.25, 0.3) is 0 Å². The van der Waals surface area contributed by atoms with Crippen LogP contribution in [0.1, 0.15) is 16.9 Å². The molecule has 1 heterocycles. The quantitative estimate of drug-likeness (QED) is 0.706. The second-order valence-electron chi connectivity index (χ2n) is 5.06. The van der Waals surface area contributed by atoms with Gasteiger partial charge in [0.1, 0.15) is 18.1 Å². The van der Waals surface area contributed by atoms with E-state index in [2.05, 4.69) is 23.5 Å². The molecule has 0 aliphatic rings. The fraction of sp³-hybridized carbons (Fsp3) is 0.158. The molecule has 0 aliphatic heterocycles. The topological polar surface area (TPSA) is 34.4 Å². The second-order valence-corrected chi connectivity index (χ2v) is 5.06. The van der Waals surface area contributed by atoms with Crippen LogP contribution in [0.2, 0.25) is 0 Å². The van der Waals surface area contributed by atoms with Gasteiger partial charge in [0, 0.05) is 12.1 Å². The van der Waals surface area contributed by atoms with Crippen molar-refractivity contribution in [2.75, 3.05) is 0 Å². The van der Waals surface area contributed by atoms with Gasteiger partial charge in [0.15, 0.2) is 0 Å². The van der Waals surface area contributed by atoms with Gasteiger partial charge in [0.2, 0.25) is 0 Å². The van der Waals surface area contributed by atoms with E-state index in [0.717, 1.165) is 23.6 Å². The lowest BCUT2D eigenvalue weighted by atomic mass is 10.2. The zero-order valence-corrected chi connectivity index (χ0v) is 13.5.